The van der Waals surface area contributed by atoms with Gasteiger partial charge in [-0.1, -0.05) is 17.7 Å². The van der Waals surface area contributed by atoms with Gasteiger partial charge in [-0.25, -0.2) is 0 Å². The molecule has 0 aromatic heterocycles. The summed E-state index contributed by atoms with van der Waals surface area (Å²) >= 11 is 5.90. The second kappa shape index (κ2) is 5.03. The Balaban J connectivity index is 2.89. The molecule has 1 rings (SSSR count). The number of hydrogen-bond acceptors (Lipinski definition) is 2. The van der Waals surface area contributed by atoms with E-state index >= 15 is 0 Å². The minimum Gasteiger partial charge on any atom is -0.489 e. The van der Waals surface area contributed by atoms with Crippen molar-refractivity contribution in [1.82, 2.24) is 0 Å². The molecule has 0 radical (unpaired) electrons. The fraction of sp³-hybridized carbons (Fsp3) is 0.364. The molecule has 82 valence electrons. The molecule has 0 atom stereocenters. The summed E-state index contributed by atoms with van der Waals surface area (Å²) in [6, 6.07) is 5.00. The summed E-state index contributed by atoms with van der Waals surface area (Å²) in [5.41, 5.74) is 0.683. The molecule has 0 saturated heterocycles. The molecule has 0 fully saturated rings. The van der Waals surface area contributed by atoms with Crippen molar-refractivity contribution in [3.05, 3.63) is 28.8 Å². The maximum absolute atomic E-state index is 10.5. The first-order chi connectivity index (χ1) is 6.99. The summed E-state index contributed by atoms with van der Waals surface area (Å²) in [6.45, 7) is 3.78. The van der Waals surface area contributed by atoms with E-state index in [9.17, 15) is 4.79 Å². The highest BCUT2D eigenvalue weighted by molar-refractivity contribution is 6.32. The predicted octanol–water partition coefficient (Wildman–Crippen LogP) is 2.75. The molecule has 1 aromatic carbocycles. The third-order valence-corrected chi connectivity index (χ3v) is 2.03. The number of carboxylic acids is 1. The first-order valence-corrected chi connectivity index (χ1v) is 5.03. The lowest BCUT2D eigenvalue weighted by atomic mass is 10.1. The van der Waals surface area contributed by atoms with Crippen molar-refractivity contribution in [2.45, 2.75) is 26.4 Å². The molecule has 3 nitrogen and oxygen atoms in total. The predicted molar refractivity (Wildman–Crippen MR) is 58.6 cm³/mol. The van der Waals surface area contributed by atoms with Crippen molar-refractivity contribution >= 4 is 17.6 Å². The minimum absolute atomic E-state index is 0.0163. The Morgan fingerprint density at radius 1 is 1.53 bits per heavy atom. The van der Waals surface area contributed by atoms with Crippen LogP contribution in [0, 0.1) is 0 Å². The van der Waals surface area contributed by atoms with Gasteiger partial charge in [0.25, 0.3) is 0 Å². The molecule has 0 unspecified atom stereocenters. The van der Waals surface area contributed by atoms with Gasteiger partial charge in [-0.15, -0.1) is 0 Å². The third-order valence-electron chi connectivity index (χ3n) is 1.71. The Hall–Kier alpha value is -1.22. The van der Waals surface area contributed by atoms with Crippen LogP contribution >= 0.6 is 11.6 Å². The van der Waals surface area contributed by atoms with Crippen LogP contribution in [0.5, 0.6) is 5.75 Å². The first kappa shape index (κ1) is 11.9. The van der Waals surface area contributed by atoms with E-state index in [4.69, 9.17) is 21.4 Å². The zero-order valence-corrected chi connectivity index (χ0v) is 9.41. The Labute approximate surface area is 93.6 Å². The number of carbonyl (C=O) groups is 1. The van der Waals surface area contributed by atoms with Crippen LogP contribution in [0.4, 0.5) is 0 Å². The van der Waals surface area contributed by atoms with Crippen LogP contribution in [0.25, 0.3) is 0 Å². The number of hydrogen-bond donors (Lipinski definition) is 1. The van der Waals surface area contributed by atoms with Gasteiger partial charge in [-0.3, -0.25) is 4.79 Å². The minimum atomic E-state index is -0.868. The Bertz CT molecular complexity index is 361. The topological polar surface area (TPSA) is 46.5 Å². The van der Waals surface area contributed by atoms with Crippen LogP contribution in [0.3, 0.4) is 0 Å². The van der Waals surface area contributed by atoms with E-state index in [1.807, 2.05) is 13.8 Å². The molecular formula is C11H13ClO3. The number of benzene rings is 1. The maximum atomic E-state index is 10.5. The standard InChI is InChI=1S/C11H13ClO3/c1-7(2)15-10-5-8(6-11(13)14)3-4-9(10)12/h3-5,7H,6H2,1-2H3,(H,13,14). The second-order valence-corrected chi connectivity index (χ2v) is 3.91. The highest BCUT2D eigenvalue weighted by atomic mass is 35.5. The first-order valence-electron chi connectivity index (χ1n) is 4.66. The van der Waals surface area contributed by atoms with Crippen molar-refractivity contribution in [3.63, 3.8) is 0 Å². The number of rotatable bonds is 4. The van der Waals surface area contributed by atoms with E-state index in [0.29, 0.717) is 16.3 Å². The van der Waals surface area contributed by atoms with Gasteiger partial charge in [0.2, 0.25) is 0 Å². The zero-order valence-electron chi connectivity index (χ0n) is 8.66. The SMILES string of the molecule is CC(C)Oc1cc(CC(=O)O)ccc1Cl. The van der Waals surface area contributed by atoms with Crippen LogP contribution in [0.2, 0.25) is 5.02 Å². The molecule has 0 amide bonds. The van der Waals surface area contributed by atoms with E-state index in [1.54, 1.807) is 18.2 Å². The van der Waals surface area contributed by atoms with Crippen LogP contribution in [0.15, 0.2) is 18.2 Å². The monoisotopic (exact) mass is 228 g/mol. The molecule has 0 saturated carbocycles. The fourth-order valence-corrected chi connectivity index (χ4v) is 1.34. The van der Waals surface area contributed by atoms with Crippen molar-refractivity contribution in [2.24, 2.45) is 0 Å². The zero-order chi connectivity index (χ0) is 11.4. The molecule has 1 aromatic rings. The van der Waals surface area contributed by atoms with Crippen LogP contribution in [0.1, 0.15) is 19.4 Å². The van der Waals surface area contributed by atoms with Crippen LogP contribution < -0.4 is 4.74 Å². The number of aliphatic carboxylic acids is 1. The summed E-state index contributed by atoms with van der Waals surface area (Å²) in [5, 5.41) is 9.13. The molecule has 15 heavy (non-hydrogen) atoms. The van der Waals surface area contributed by atoms with Gasteiger partial charge in [-0.05, 0) is 31.5 Å². The van der Waals surface area contributed by atoms with E-state index in [0.717, 1.165) is 0 Å². The summed E-state index contributed by atoms with van der Waals surface area (Å²) in [4.78, 5) is 10.5. The molecule has 0 aliphatic rings. The molecule has 0 spiro atoms. The largest absolute Gasteiger partial charge is 0.489 e. The average molecular weight is 229 g/mol. The van der Waals surface area contributed by atoms with Gasteiger partial charge < -0.3 is 9.84 Å². The summed E-state index contributed by atoms with van der Waals surface area (Å²) < 4.78 is 5.44. The van der Waals surface area contributed by atoms with Gasteiger partial charge in [0.1, 0.15) is 5.75 Å². The summed E-state index contributed by atoms with van der Waals surface area (Å²) in [7, 11) is 0. The molecule has 4 heteroatoms. The van der Waals surface area contributed by atoms with Crippen molar-refractivity contribution in [2.75, 3.05) is 0 Å². The van der Waals surface area contributed by atoms with Crippen LogP contribution in [-0.4, -0.2) is 17.2 Å². The Morgan fingerprint density at radius 3 is 2.73 bits per heavy atom. The number of ether oxygens (including phenoxy) is 1. The summed E-state index contributed by atoms with van der Waals surface area (Å²) in [5.74, 6) is -0.335. The molecular weight excluding hydrogens is 216 g/mol. The molecule has 1 N–H and O–H groups in total. The molecule has 0 aliphatic heterocycles. The highest BCUT2D eigenvalue weighted by Gasteiger charge is 2.07. The number of halogens is 1. The lowest BCUT2D eigenvalue weighted by Crippen LogP contribution is -2.07. The lowest BCUT2D eigenvalue weighted by Gasteiger charge is -2.12. The molecule has 0 heterocycles. The van der Waals surface area contributed by atoms with Crippen molar-refractivity contribution in [1.29, 1.82) is 0 Å². The smallest absolute Gasteiger partial charge is 0.307 e. The summed E-state index contributed by atoms with van der Waals surface area (Å²) in [6.07, 6.45) is -0.00592. The number of carboxylic acid groups (broad SMARTS) is 1. The van der Waals surface area contributed by atoms with E-state index in [2.05, 4.69) is 0 Å². The van der Waals surface area contributed by atoms with Crippen molar-refractivity contribution in [3.8, 4) is 5.75 Å². The Morgan fingerprint density at radius 2 is 2.20 bits per heavy atom. The molecule has 0 aliphatic carbocycles. The highest BCUT2D eigenvalue weighted by Crippen LogP contribution is 2.26. The quantitative estimate of drug-likeness (QED) is 0.862. The van der Waals surface area contributed by atoms with Gasteiger partial charge in [-0.2, -0.15) is 0 Å². The van der Waals surface area contributed by atoms with Gasteiger partial charge in [0, 0.05) is 0 Å². The lowest BCUT2D eigenvalue weighted by molar-refractivity contribution is -0.136. The van der Waals surface area contributed by atoms with E-state index in [-0.39, 0.29) is 12.5 Å². The third kappa shape index (κ3) is 3.80. The van der Waals surface area contributed by atoms with Gasteiger partial charge in [0.15, 0.2) is 0 Å². The van der Waals surface area contributed by atoms with Crippen molar-refractivity contribution < 1.29 is 14.6 Å². The maximum Gasteiger partial charge on any atom is 0.307 e. The van der Waals surface area contributed by atoms with E-state index in [1.165, 1.54) is 0 Å². The second-order valence-electron chi connectivity index (χ2n) is 3.50. The molecule has 0 bridgehead atoms. The van der Waals surface area contributed by atoms with Gasteiger partial charge in [0.05, 0.1) is 17.5 Å². The van der Waals surface area contributed by atoms with Gasteiger partial charge >= 0.3 is 5.97 Å². The van der Waals surface area contributed by atoms with E-state index < -0.39 is 5.97 Å². The fourth-order valence-electron chi connectivity index (χ4n) is 1.18. The average Bonchev–Trinajstić information content (AvgIpc) is 2.09. The normalized spacial score (nSPS) is 10.4. The Kier molecular flexibility index (Phi) is 3.97. The van der Waals surface area contributed by atoms with Crippen LogP contribution in [-0.2, 0) is 11.2 Å².